The smallest absolute Gasteiger partial charge is 0.358 e. The minimum Gasteiger partial charge on any atom is -0.467 e. The maximum absolute atomic E-state index is 13.6. The molecule has 8 nitrogen and oxygen atoms in total. The van der Waals surface area contributed by atoms with Crippen molar-refractivity contribution in [3.05, 3.63) is 72.2 Å². The third-order valence-corrected chi connectivity index (χ3v) is 7.32. The van der Waals surface area contributed by atoms with Crippen molar-refractivity contribution in [3.8, 4) is 11.5 Å². The number of nitrogens with zero attached hydrogens (tertiary/aromatic N) is 3. The lowest BCUT2D eigenvalue weighted by molar-refractivity contribution is -0.103. The van der Waals surface area contributed by atoms with Crippen molar-refractivity contribution >= 4 is 16.0 Å². The lowest BCUT2D eigenvalue weighted by atomic mass is 9.87. The molecule has 172 valence electrons. The Labute approximate surface area is 192 Å². The zero-order valence-electron chi connectivity index (χ0n) is 18.3. The van der Waals surface area contributed by atoms with Crippen LogP contribution in [0.1, 0.15) is 48.0 Å². The van der Waals surface area contributed by atoms with E-state index in [0.717, 1.165) is 37.7 Å². The number of fused-ring (bicyclic) bond motifs is 1. The maximum Gasteiger partial charge on any atom is 0.358 e. The molecule has 1 aromatic heterocycles. The predicted octanol–water partition coefficient (Wildman–Crippen LogP) is 3.88. The van der Waals surface area contributed by atoms with Gasteiger partial charge in [-0.25, -0.2) is 4.98 Å². The van der Waals surface area contributed by atoms with Gasteiger partial charge in [0.25, 0.3) is 5.91 Å². The maximum atomic E-state index is 13.6. The van der Waals surface area contributed by atoms with Gasteiger partial charge in [0.2, 0.25) is 5.03 Å². The number of aromatic nitrogens is 2. The molecule has 2 heterocycles. The quantitative estimate of drug-likeness (QED) is 0.529. The molecule has 1 amide bonds. The fourth-order valence-electron chi connectivity index (χ4n) is 4.55. The first-order valence-corrected chi connectivity index (χ1v) is 12.4. The number of carbonyl (C=O) groups is 1. The molecular formula is C24H25N3O5S. The molecule has 3 aromatic rings. The van der Waals surface area contributed by atoms with Crippen molar-refractivity contribution in [1.82, 2.24) is 14.5 Å². The van der Waals surface area contributed by atoms with Crippen molar-refractivity contribution < 1.29 is 22.1 Å². The standard InChI is InChI=1S/C24H25N3O5S/c1-26-16-22(25-17-26)33(29,30)32-19-10-11-20-21(14-19)31-24(12-6-3-7-13-24)27(23(20)28)15-18-8-4-2-5-9-18/h2,4-5,8-11,14,16-17H,3,6-7,12-13,15H2,1H3. The zero-order valence-corrected chi connectivity index (χ0v) is 19.1. The van der Waals surface area contributed by atoms with Gasteiger partial charge in [0, 0.05) is 38.7 Å². The molecule has 1 fully saturated rings. The minimum atomic E-state index is -4.10. The molecule has 0 N–H and O–H groups in total. The third-order valence-electron chi connectivity index (χ3n) is 6.18. The highest BCUT2D eigenvalue weighted by molar-refractivity contribution is 7.87. The van der Waals surface area contributed by atoms with Crippen molar-refractivity contribution in [2.45, 2.75) is 49.4 Å². The van der Waals surface area contributed by atoms with E-state index >= 15 is 0 Å². The summed E-state index contributed by atoms with van der Waals surface area (Å²) in [4.78, 5) is 19.3. The van der Waals surface area contributed by atoms with Crippen LogP contribution in [0.25, 0.3) is 0 Å². The number of hydrogen-bond donors (Lipinski definition) is 0. The van der Waals surface area contributed by atoms with Crippen molar-refractivity contribution in [2.75, 3.05) is 0 Å². The SMILES string of the molecule is Cn1cnc(S(=O)(=O)Oc2ccc3c(c2)OC2(CCCCC2)N(Cc2ccccc2)C3=O)c1. The molecule has 33 heavy (non-hydrogen) atoms. The average Bonchev–Trinajstić information content (AvgIpc) is 3.25. The molecule has 9 heteroatoms. The van der Waals surface area contributed by atoms with Crippen molar-refractivity contribution in [2.24, 2.45) is 7.05 Å². The van der Waals surface area contributed by atoms with E-state index in [1.54, 1.807) is 13.1 Å². The Bertz CT molecular complexity index is 1280. The van der Waals surface area contributed by atoms with E-state index in [2.05, 4.69) is 4.98 Å². The number of carbonyl (C=O) groups excluding carboxylic acids is 1. The number of rotatable bonds is 5. The zero-order chi connectivity index (χ0) is 23.1. The molecule has 0 unspecified atom stereocenters. The summed E-state index contributed by atoms with van der Waals surface area (Å²) in [5.74, 6) is 0.302. The lowest BCUT2D eigenvalue weighted by Gasteiger charge is -2.49. The Kier molecular flexibility index (Phi) is 5.36. The summed E-state index contributed by atoms with van der Waals surface area (Å²) in [6.07, 6.45) is 7.21. The van der Waals surface area contributed by atoms with E-state index in [4.69, 9.17) is 8.92 Å². The van der Waals surface area contributed by atoms with Crippen LogP contribution in [-0.2, 0) is 23.7 Å². The van der Waals surface area contributed by atoms with Crippen LogP contribution >= 0.6 is 0 Å². The van der Waals surface area contributed by atoms with Crippen LogP contribution in [0.4, 0.5) is 0 Å². The Balaban J connectivity index is 1.48. The van der Waals surface area contributed by atoms with Crippen LogP contribution in [0.15, 0.2) is 66.1 Å². The molecule has 1 aliphatic heterocycles. The van der Waals surface area contributed by atoms with Gasteiger partial charge in [0.05, 0.1) is 11.9 Å². The number of hydrogen-bond acceptors (Lipinski definition) is 6. The molecule has 2 aromatic carbocycles. The molecule has 2 aliphatic rings. The van der Waals surface area contributed by atoms with Gasteiger partial charge in [-0.2, -0.15) is 8.42 Å². The monoisotopic (exact) mass is 467 g/mol. The van der Waals surface area contributed by atoms with Gasteiger partial charge in [-0.3, -0.25) is 9.69 Å². The molecule has 0 radical (unpaired) electrons. The molecule has 1 saturated carbocycles. The molecule has 1 spiro atoms. The largest absolute Gasteiger partial charge is 0.467 e. The first-order valence-electron chi connectivity index (χ1n) is 11.0. The number of aryl methyl sites for hydroxylation is 1. The van der Waals surface area contributed by atoms with E-state index in [1.807, 2.05) is 35.2 Å². The highest BCUT2D eigenvalue weighted by Gasteiger charge is 2.47. The first-order chi connectivity index (χ1) is 15.9. The van der Waals surface area contributed by atoms with E-state index < -0.39 is 15.8 Å². The molecule has 1 aliphatic carbocycles. The highest BCUT2D eigenvalue weighted by Crippen LogP contribution is 2.44. The molecule has 0 bridgehead atoms. The van der Waals surface area contributed by atoms with E-state index in [9.17, 15) is 13.2 Å². The van der Waals surface area contributed by atoms with Crippen LogP contribution in [-0.4, -0.2) is 34.5 Å². The summed E-state index contributed by atoms with van der Waals surface area (Å²) in [7, 11) is -2.42. The molecule has 5 rings (SSSR count). The number of amides is 1. The van der Waals surface area contributed by atoms with Gasteiger partial charge >= 0.3 is 10.1 Å². The van der Waals surface area contributed by atoms with Gasteiger partial charge in [0.1, 0.15) is 11.5 Å². The van der Waals surface area contributed by atoms with Crippen molar-refractivity contribution in [3.63, 3.8) is 0 Å². The lowest BCUT2D eigenvalue weighted by Crippen LogP contribution is -2.59. The van der Waals surface area contributed by atoms with Crippen LogP contribution in [0.2, 0.25) is 0 Å². The van der Waals surface area contributed by atoms with Gasteiger partial charge < -0.3 is 13.5 Å². The summed E-state index contributed by atoms with van der Waals surface area (Å²) < 4.78 is 38.5. The second kappa shape index (κ2) is 8.22. The van der Waals surface area contributed by atoms with E-state index in [0.29, 0.717) is 17.9 Å². The molecule has 0 atom stereocenters. The second-order valence-electron chi connectivity index (χ2n) is 8.56. The average molecular weight is 468 g/mol. The minimum absolute atomic E-state index is 0.0784. The van der Waals surface area contributed by atoms with E-state index in [-0.39, 0.29) is 16.7 Å². The Morgan fingerprint density at radius 3 is 2.55 bits per heavy atom. The summed E-state index contributed by atoms with van der Waals surface area (Å²) in [6, 6.07) is 14.4. The number of imidazole rings is 1. The predicted molar refractivity (Wildman–Crippen MR) is 120 cm³/mol. The molecular weight excluding hydrogens is 442 g/mol. The normalized spacial score (nSPS) is 17.5. The highest BCUT2D eigenvalue weighted by atomic mass is 32.2. The number of ether oxygens (including phenoxy) is 1. The molecule has 0 saturated heterocycles. The van der Waals surface area contributed by atoms with Gasteiger partial charge in [-0.15, -0.1) is 0 Å². The second-order valence-corrected chi connectivity index (χ2v) is 10.1. The Hall–Kier alpha value is -3.33. The van der Waals surface area contributed by atoms with Crippen LogP contribution in [0, 0.1) is 0 Å². The Morgan fingerprint density at radius 1 is 1.09 bits per heavy atom. The number of benzene rings is 2. The van der Waals surface area contributed by atoms with Gasteiger partial charge in [-0.1, -0.05) is 36.8 Å². The van der Waals surface area contributed by atoms with Crippen LogP contribution in [0.3, 0.4) is 0 Å². The fraction of sp³-hybridized carbons (Fsp3) is 0.333. The van der Waals surface area contributed by atoms with Crippen LogP contribution < -0.4 is 8.92 Å². The Morgan fingerprint density at radius 2 is 1.85 bits per heavy atom. The van der Waals surface area contributed by atoms with E-state index in [1.165, 1.54) is 29.2 Å². The summed E-state index contributed by atoms with van der Waals surface area (Å²) >= 11 is 0. The summed E-state index contributed by atoms with van der Waals surface area (Å²) in [6.45, 7) is 0.450. The third kappa shape index (κ3) is 4.08. The topological polar surface area (TPSA) is 90.7 Å². The summed E-state index contributed by atoms with van der Waals surface area (Å²) in [5, 5.41) is -0.183. The van der Waals surface area contributed by atoms with Gasteiger partial charge in [0.15, 0.2) is 5.72 Å². The fourth-order valence-corrected chi connectivity index (χ4v) is 5.47. The van der Waals surface area contributed by atoms with Crippen molar-refractivity contribution in [1.29, 1.82) is 0 Å². The summed E-state index contributed by atoms with van der Waals surface area (Å²) in [5.41, 5.74) is 0.672. The van der Waals surface area contributed by atoms with Gasteiger partial charge in [-0.05, 0) is 30.5 Å². The van der Waals surface area contributed by atoms with Crippen LogP contribution in [0.5, 0.6) is 11.5 Å². The first kappa shape index (κ1) is 21.5.